The summed E-state index contributed by atoms with van der Waals surface area (Å²) in [6, 6.07) is -1.59. The van der Waals surface area contributed by atoms with Gasteiger partial charge in [-0.3, -0.25) is 14.9 Å². The van der Waals surface area contributed by atoms with Gasteiger partial charge in [0.2, 0.25) is 5.91 Å². The molecule has 0 aromatic rings. The van der Waals surface area contributed by atoms with Gasteiger partial charge >= 0.3 is 5.97 Å². The fourth-order valence-electron chi connectivity index (χ4n) is 0.741. The number of rotatable bonds is 6. The maximum Gasteiger partial charge on any atom is 0.323 e. The Labute approximate surface area is 76.0 Å². The molecule has 6 heteroatoms. The lowest BCUT2D eigenvalue weighted by Gasteiger charge is -2.16. The minimum atomic E-state index is -1.07. The van der Waals surface area contributed by atoms with Gasteiger partial charge in [-0.1, -0.05) is 0 Å². The van der Waals surface area contributed by atoms with Crippen molar-refractivity contribution < 1.29 is 19.4 Å². The van der Waals surface area contributed by atoms with E-state index in [0.717, 1.165) is 0 Å². The maximum atomic E-state index is 10.6. The number of aliphatic carboxylic acids is 1. The van der Waals surface area contributed by atoms with E-state index >= 15 is 0 Å². The second-order valence-corrected chi connectivity index (χ2v) is 2.64. The SMILES string of the molecule is COCC(NC(C)C(N)=O)C(=O)O. The van der Waals surface area contributed by atoms with Crippen LogP contribution in [-0.4, -0.2) is 42.8 Å². The highest BCUT2D eigenvalue weighted by atomic mass is 16.5. The van der Waals surface area contributed by atoms with Crippen LogP contribution in [0.3, 0.4) is 0 Å². The molecule has 6 nitrogen and oxygen atoms in total. The van der Waals surface area contributed by atoms with E-state index in [-0.39, 0.29) is 6.61 Å². The second-order valence-electron chi connectivity index (χ2n) is 2.64. The van der Waals surface area contributed by atoms with E-state index in [0.29, 0.717) is 0 Å². The summed E-state index contributed by atoms with van der Waals surface area (Å²) in [7, 11) is 1.38. The predicted molar refractivity (Wildman–Crippen MR) is 45.1 cm³/mol. The van der Waals surface area contributed by atoms with Crippen molar-refractivity contribution in [1.82, 2.24) is 5.32 Å². The number of hydrogen-bond donors (Lipinski definition) is 3. The lowest BCUT2D eigenvalue weighted by atomic mass is 10.2. The fraction of sp³-hybridized carbons (Fsp3) is 0.714. The van der Waals surface area contributed by atoms with Crippen LogP contribution < -0.4 is 11.1 Å². The molecule has 0 aliphatic heterocycles. The molecule has 0 bridgehead atoms. The predicted octanol–water partition coefficient (Wildman–Crippen LogP) is -1.45. The fourth-order valence-corrected chi connectivity index (χ4v) is 0.741. The zero-order valence-corrected chi connectivity index (χ0v) is 7.61. The van der Waals surface area contributed by atoms with Gasteiger partial charge in [0, 0.05) is 7.11 Å². The summed E-state index contributed by atoms with van der Waals surface area (Å²) in [6.45, 7) is 1.49. The van der Waals surface area contributed by atoms with Crippen molar-refractivity contribution in [3.05, 3.63) is 0 Å². The highest BCUT2D eigenvalue weighted by molar-refractivity contribution is 5.81. The van der Waals surface area contributed by atoms with Crippen molar-refractivity contribution >= 4 is 11.9 Å². The zero-order chi connectivity index (χ0) is 10.4. The summed E-state index contributed by atoms with van der Waals surface area (Å²) in [5, 5.41) is 11.2. The molecule has 0 aromatic carbocycles. The molecule has 0 aliphatic carbocycles. The summed E-state index contributed by atoms with van der Waals surface area (Å²) in [4.78, 5) is 21.1. The molecular formula is C7H14N2O4. The van der Waals surface area contributed by atoms with Crippen LogP contribution in [-0.2, 0) is 14.3 Å². The molecule has 0 saturated carbocycles. The second kappa shape index (κ2) is 5.50. The quantitative estimate of drug-likeness (QED) is 0.475. The largest absolute Gasteiger partial charge is 0.480 e. The molecule has 1 amide bonds. The van der Waals surface area contributed by atoms with Crippen molar-refractivity contribution in [2.45, 2.75) is 19.0 Å². The minimum Gasteiger partial charge on any atom is -0.480 e. The average molecular weight is 190 g/mol. The van der Waals surface area contributed by atoms with Crippen molar-refractivity contribution in [2.24, 2.45) is 5.73 Å². The summed E-state index contributed by atoms with van der Waals surface area (Å²) >= 11 is 0. The Morgan fingerprint density at radius 1 is 1.62 bits per heavy atom. The van der Waals surface area contributed by atoms with Crippen LogP contribution in [0.1, 0.15) is 6.92 Å². The molecule has 0 saturated heterocycles. The zero-order valence-electron chi connectivity index (χ0n) is 7.61. The lowest BCUT2D eigenvalue weighted by Crippen LogP contribution is -2.49. The third-order valence-electron chi connectivity index (χ3n) is 1.51. The number of carboxylic acid groups (broad SMARTS) is 1. The molecule has 0 fully saturated rings. The van der Waals surface area contributed by atoms with Crippen molar-refractivity contribution in [3.63, 3.8) is 0 Å². The third-order valence-corrected chi connectivity index (χ3v) is 1.51. The molecule has 76 valence electrons. The smallest absolute Gasteiger partial charge is 0.323 e. The highest BCUT2D eigenvalue weighted by Crippen LogP contribution is 1.89. The lowest BCUT2D eigenvalue weighted by molar-refractivity contribution is -0.141. The van der Waals surface area contributed by atoms with Crippen molar-refractivity contribution in [1.29, 1.82) is 0 Å². The van der Waals surface area contributed by atoms with Gasteiger partial charge in [-0.25, -0.2) is 0 Å². The number of ether oxygens (including phenoxy) is 1. The Kier molecular flexibility index (Phi) is 5.01. The van der Waals surface area contributed by atoms with Crippen LogP contribution >= 0.6 is 0 Å². The Morgan fingerprint density at radius 2 is 2.15 bits per heavy atom. The Hall–Kier alpha value is -1.14. The first kappa shape index (κ1) is 11.9. The van der Waals surface area contributed by atoms with Gasteiger partial charge in [0.25, 0.3) is 0 Å². The molecule has 4 N–H and O–H groups in total. The number of primary amides is 1. The molecule has 2 unspecified atom stereocenters. The molecule has 0 spiro atoms. The molecule has 0 radical (unpaired) electrons. The van der Waals surface area contributed by atoms with E-state index < -0.39 is 24.0 Å². The number of methoxy groups -OCH3 is 1. The molecule has 0 rings (SSSR count). The van der Waals surface area contributed by atoms with Crippen LogP contribution in [0.15, 0.2) is 0 Å². The van der Waals surface area contributed by atoms with E-state index in [1.165, 1.54) is 14.0 Å². The number of nitrogens with two attached hydrogens (primary N) is 1. The van der Waals surface area contributed by atoms with Crippen LogP contribution in [0, 0.1) is 0 Å². The van der Waals surface area contributed by atoms with Crippen molar-refractivity contribution in [2.75, 3.05) is 13.7 Å². The Bertz CT molecular complexity index is 195. The number of amides is 1. The summed E-state index contributed by atoms with van der Waals surface area (Å²) in [5.74, 6) is -1.67. The average Bonchev–Trinajstić information content (AvgIpc) is 2.03. The molecule has 0 aromatic heterocycles. The molecular weight excluding hydrogens is 176 g/mol. The van der Waals surface area contributed by atoms with Gasteiger partial charge in [0.15, 0.2) is 0 Å². The molecule has 2 atom stereocenters. The Balaban J connectivity index is 4.09. The molecule has 0 aliphatic rings. The number of hydrogen-bond acceptors (Lipinski definition) is 4. The highest BCUT2D eigenvalue weighted by Gasteiger charge is 2.21. The van der Waals surface area contributed by atoms with Gasteiger partial charge in [-0.05, 0) is 6.92 Å². The van der Waals surface area contributed by atoms with Gasteiger partial charge in [0.05, 0.1) is 12.6 Å². The van der Waals surface area contributed by atoms with E-state index in [2.05, 4.69) is 10.1 Å². The first-order valence-electron chi connectivity index (χ1n) is 3.76. The van der Waals surface area contributed by atoms with Gasteiger partial charge < -0.3 is 15.6 Å². The van der Waals surface area contributed by atoms with E-state index in [1.54, 1.807) is 0 Å². The number of nitrogens with one attached hydrogen (secondary N) is 1. The number of carboxylic acids is 1. The minimum absolute atomic E-state index is 0.00699. The van der Waals surface area contributed by atoms with Crippen LogP contribution in [0.5, 0.6) is 0 Å². The normalized spacial score (nSPS) is 14.9. The number of carbonyl (C=O) groups is 2. The Morgan fingerprint density at radius 3 is 2.46 bits per heavy atom. The van der Waals surface area contributed by atoms with E-state index in [4.69, 9.17) is 10.8 Å². The first-order valence-corrected chi connectivity index (χ1v) is 3.76. The third kappa shape index (κ3) is 4.44. The van der Waals surface area contributed by atoms with Crippen molar-refractivity contribution in [3.8, 4) is 0 Å². The van der Waals surface area contributed by atoms with E-state index in [1.807, 2.05) is 0 Å². The monoisotopic (exact) mass is 190 g/mol. The van der Waals surface area contributed by atoms with Gasteiger partial charge in [-0.15, -0.1) is 0 Å². The summed E-state index contributed by atoms with van der Waals surface area (Å²) in [6.07, 6.45) is 0. The maximum absolute atomic E-state index is 10.6. The van der Waals surface area contributed by atoms with Gasteiger partial charge in [0.1, 0.15) is 6.04 Å². The molecule has 0 heterocycles. The summed E-state index contributed by atoms with van der Waals surface area (Å²) < 4.78 is 4.65. The topological polar surface area (TPSA) is 102 Å². The van der Waals surface area contributed by atoms with Crippen LogP contribution in [0.4, 0.5) is 0 Å². The van der Waals surface area contributed by atoms with Crippen LogP contribution in [0.2, 0.25) is 0 Å². The standard InChI is InChI=1S/C7H14N2O4/c1-4(6(8)10)9-5(3-13-2)7(11)12/h4-5,9H,3H2,1-2H3,(H2,8,10)(H,11,12). The summed E-state index contributed by atoms with van der Waals surface area (Å²) in [5.41, 5.74) is 4.95. The van der Waals surface area contributed by atoms with Crippen LogP contribution in [0.25, 0.3) is 0 Å². The number of carbonyl (C=O) groups excluding carboxylic acids is 1. The van der Waals surface area contributed by atoms with E-state index in [9.17, 15) is 9.59 Å². The van der Waals surface area contributed by atoms with Gasteiger partial charge in [-0.2, -0.15) is 0 Å². The first-order chi connectivity index (χ1) is 5.99. The molecule has 13 heavy (non-hydrogen) atoms.